The van der Waals surface area contributed by atoms with E-state index in [0.717, 1.165) is 57.4 Å². The quantitative estimate of drug-likeness (QED) is 0.397. The number of carbonyl (C=O) groups is 1. The molecule has 2 aliphatic rings. The van der Waals surface area contributed by atoms with Gasteiger partial charge in [0.2, 0.25) is 5.91 Å². The molecule has 5 nitrogen and oxygen atoms in total. The molecule has 0 radical (unpaired) electrons. The van der Waals surface area contributed by atoms with Crippen molar-refractivity contribution in [3.63, 3.8) is 0 Å². The lowest BCUT2D eigenvalue weighted by molar-refractivity contribution is -0.124. The number of nitrogens with zero attached hydrogens (tertiary/aromatic N) is 2. The van der Waals surface area contributed by atoms with Gasteiger partial charge in [-0.3, -0.25) is 4.79 Å². The number of halogens is 1. The van der Waals surface area contributed by atoms with E-state index in [1.165, 1.54) is 16.3 Å². The van der Waals surface area contributed by atoms with Crippen LogP contribution in [-0.2, 0) is 4.79 Å². The molecule has 1 unspecified atom stereocenters. The zero-order valence-corrected chi connectivity index (χ0v) is 22.1. The fourth-order valence-corrected chi connectivity index (χ4v) is 5.40. The Morgan fingerprint density at radius 3 is 2.43 bits per heavy atom. The smallest absolute Gasteiger partial charge is 0.246 e. The molecule has 0 saturated carbocycles. The molecule has 0 aliphatic carbocycles. The number of ether oxygens (including phenoxy) is 1. The SMILES string of the molecule is Cl.O=C(C=Cc1ccccc1OCC(O)CN1CCC(c2ccc3ccccc3c2)CC1)N1CCCC1. The molecule has 196 valence electrons. The van der Waals surface area contributed by atoms with Crippen LogP contribution in [0.1, 0.15) is 42.7 Å². The number of benzene rings is 3. The number of rotatable bonds is 8. The van der Waals surface area contributed by atoms with Crippen LogP contribution in [0.2, 0.25) is 0 Å². The number of carbonyl (C=O) groups excluding carboxylic acids is 1. The van der Waals surface area contributed by atoms with Gasteiger partial charge in [-0.05, 0) is 73.2 Å². The number of para-hydroxylation sites is 1. The van der Waals surface area contributed by atoms with Crippen LogP contribution in [0, 0.1) is 0 Å². The van der Waals surface area contributed by atoms with Gasteiger partial charge in [-0.2, -0.15) is 0 Å². The van der Waals surface area contributed by atoms with E-state index in [2.05, 4.69) is 47.4 Å². The molecule has 1 amide bonds. The largest absolute Gasteiger partial charge is 0.490 e. The van der Waals surface area contributed by atoms with Gasteiger partial charge in [0.05, 0.1) is 0 Å². The van der Waals surface area contributed by atoms with Gasteiger partial charge in [0.1, 0.15) is 18.5 Å². The van der Waals surface area contributed by atoms with Crippen molar-refractivity contribution in [2.75, 3.05) is 39.3 Å². The molecule has 3 aromatic carbocycles. The number of hydrogen-bond donors (Lipinski definition) is 1. The van der Waals surface area contributed by atoms with Crippen molar-refractivity contribution in [2.45, 2.75) is 37.7 Å². The predicted molar refractivity (Wildman–Crippen MR) is 152 cm³/mol. The molecular formula is C31H37ClN2O3. The van der Waals surface area contributed by atoms with E-state index in [1.54, 1.807) is 6.08 Å². The summed E-state index contributed by atoms with van der Waals surface area (Å²) in [5, 5.41) is 13.3. The Morgan fingerprint density at radius 2 is 1.65 bits per heavy atom. The number of aliphatic hydroxyl groups excluding tert-OH is 1. The van der Waals surface area contributed by atoms with Gasteiger partial charge in [-0.1, -0.05) is 60.7 Å². The Morgan fingerprint density at radius 1 is 0.946 bits per heavy atom. The molecular weight excluding hydrogens is 484 g/mol. The lowest BCUT2D eigenvalue weighted by Gasteiger charge is -2.33. The van der Waals surface area contributed by atoms with Gasteiger partial charge in [-0.15, -0.1) is 12.4 Å². The van der Waals surface area contributed by atoms with Crippen LogP contribution in [0.3, 0.4) is 0 Å². The van der Waals surface area contributed by atoms with Crippen molar-refractivity contribution in [3.05, 3.63) is 83.9 Å². The van der Waals surface area contributed by atoms with Crippen molar-refractivity contribution in [2.24, 2.45) is 0 Å². The molecule has 5 rings (SSSR count). The van der Waals surface area contributed by atoms with E-state index in [9.17, 15) is 9.90 Å². The fourth-order valence-electron chi connectivity index (χ4n) is 5.40. The zero-order chi connectivity index (χ0) is 24.7. The maximum Gasteiger partial charge on any atom is 0.246 e. The van der Waals surface area contributed by atoms with Crippen molar-refractivity contribution < 1.29 is 14.6 Å². The Bertz CT molecular complexity index is 1200. The Kier molecular flexibility index (Phi) is 9.62. The Labute approximate surface area is 226 Å². The second-order valence-electron chi connectivity index (χ2n) is 10.0. The van der Waals surface area contributed by atoms with Gasteiger partial charge < -0.3 is 19.6 Å². The number of amides is 1. The lowest BCUT2D eigenvalue weighted by Crippen LogP contribution is -2.40. The highest BCUT2D eigenvalue weighted by atomic mass is 35.5. The predicted octanol–water partition coefficient (Wildman–Crippen LogP) is 5.52. The molecule has 1 N–H and O–H groups in total. The number of hydrogen-bond acceptors (Lipinski definition) is 4. The second-order valence-corrected chi connectivity index (χ2v) is 10.0. The average Bonchev–Trinajstić information content (AvgIpc) is 3.46. The monoisotopic (exact) mass is 520 g/mol. The van der Waals surface area contributed by atoms with Crippen LogP contribution in [0.15, 0.2) is 72.8 Å². The highest BCUT2D eigenvalue weighted by Gasteiger charge is 2.23. The molecule has 2 aliphatic heterocycles. The average molecular weight is 521 g/mol. The summed E-state index contributed by atoms with van der Waals surface area (Å²) in [6.45, 7) is 4.48. The van der Waals surface area contributed by atoms with Crippen molar-refractivity contribution in [3.8, 4) is 5.75 Å². The first-order chi connectivity index (χ1) is 17.7. The molecule has 0 aromatic heterocycles. The van der Waals surface area contributed by atoms with Crippen molar-refractivity contribution in [1.82, 2.24) is 9.80 Å². The number of piperidine rings is 1. The third-order valence-electron chi connectivity index (χ3n) is 7.47. The summed E-state index contributed by atoms with van der Waals surface area (Å²) in [5.41, 5.74) is 2.28. The third kappa shape index (κ3) is 7.13. The minimum Gasteiger partial charge on any atom is -0.490 e. The van der Waals surface area contributed by atoms with E-state index in [4.69, 9.17) is 4.74 Å². The summed E-state index contributed by atoms with van der Waals surface area (Å²) < 4.78 is 5.98. The van der Waals surface area contributed by atoms with Crippen LogP contribution in [0.4, 0.5) is 0 Å². The van der Waals surface area contributed by atoms with E-state index >= 15 is 0 Å². The van der Waals surface area contributed by atoms with E-state index in [0.29, 0.717) is 18.2 Å². The van der Waals surface area contributed by atoms with Crippen LogP contribution in [-0.4, -0.2) is 66.2 Å². The minimum absolute atomic E-state index is 0. The van der Waals surface area contributed by atoms with Crippen LogP contribution < -0.4 is 4.74 Å². The highest BCUT2D eigenvalue weighted by Crippen LogP contribution is 2.30. The minimum atomic E-state index is -0.564. The molecule has 3 aromatic rings. The summed E-state index contributed by atoms with van der Waals surface area (Å²) in [6.07, 6.45) is 7.25. The summed E-state index contributed by atoms with van der Waals surface area (Å²) in [5.74, 6) is 1.31. The van der Waals surface area contributed by atoms with Gasteiger partial charge in [0.15, 0.2) is 0 Å². The van der Waals surface area contributed by atoms with E-state index in [-0.39, 0.29) is 24.9 Å². The van der Waals surface area contributed by atoms with Crippen molar-refractivity contribution >= 4 is 35.2 Å². The first-order valence-electron chi connectivity index (χ1n) is 13.2. The van der Waals surface area contributed by atoms with Crippen LogP contribution >= 0.6 is 12.4 Å². The normalized spacial score (nSPS) is 17.7. The maximum atomic E-state index is 12.3. The molecule has 37 heavy (non-hydrogen) atoms. The number of aliphatic hydroxyl groups is 1. The Hall–Kier alpha value is -2.86. The topological polar surface area (TPSA) is 53.0 Å². The molecule has 1 atom stereocenters. The molecule has 2 fully saturated rings. The standard InChI is InChI=1S/C31H36N2O3.ClH/c34-29(23-36-30-10-4-3-8-26(30)13-14-31(35)33-17-5-6-18-33)22-32-19-15-25(16-20-32)28-12-11-24-7-1-2-9-27(24)21-28;/h1-4,7-14,21,25,29,34H,5-6,15-20,22-23H2;1H. The maximum absolute atomic E-state index is 12.3. The van der Waals surface area contributed by atoms with Crippen molar-refractivity contribution in [1.29, 1.82) is 0 Å². The van der Waals surface area contributed by atoms with Gasteiger partial charge in [-0.25, -0.2) is 0 Å². The fraction of sp³-hybridized carbons (Fsp3) is 0.387. The molecule has 0 bridgehead atoms. The third-order valence-corrected chi connectivity index (χ3v) is 7.47. The summed E-state index contributed by atoms with van der Waals surface area (Å²) in [7, 11) is 0. The number of β-amino-alcohol motifs (C(OH)–C–C–N with tert-alkyl or cyclic N) is 1. The van der Waals surface area contributed by atoms with Crippen LogP contribution in [0.5, 0.6) is 5.75 Å². The van der Waals surface area contributed by atoms with Gasteiger partial charge >= 0.3 is 0 Å². The molecule has 2 saturated heterocycles. The number of likely N-dealkylation sites (tertiary alicyclic amines) is 2. The zero-order valence-electron chi connectivity index (χ0n) is 21.3. The summed E-state index contributed by atoms with van der Waals surface area (Å²) >= 11 is 0. The van der Waals surface area contributed by atoms with Gasteiger partial charge in [0, 0.05) is 31.3 Å². The first kappa shape index (κ1) is 27.2. The second kappa shape index (κ2) is 13.1. The van der Waals surface area contributed by atoms with Crippen LogP contribution in [0.25, 0.3) is 16.8 Å². The summed E-state index contributed by atoms with van der Waals surface area (Å²) in [4.78, 5) is 16.6. The molecule has 0 spiro atoms. The van der Waals surface area contributed by atoms with E-state index in [1.807, 2.05) is 35.2 Å². The van der Waals surface area contributed by atoms with Gasteiger partial charge in [0.25, 0.3) is 0 Å². The number of fused-ring (bicyclic) bond motifs is 1. The van der Waals surface area contributed by atoms with E-state index < -0.39 is 6.10 Å². The molecule has 2 heterocycles. The lowest BCUT2D eigenvalue weighted by atomic mass is 9.88. The first-order valence-corrected chi connectivity index (χ1v) is 13.2. The highest BCUT2D eigenvalue weighted by molar-refractivity contribution is 5.92. The Balaban J connectivity index is 0.00000320. The summed E-state index contributed by atoms with van der Waals surface area (Å²) in [6, 6.07) is 23.0. The molecule has 6 heteroatoms.